The van der Waals surface area contributed by atoms with Crippen molar-refractivity contribution in [3.05, 3.63) is 26.6 Å². The van der Waals surface area contributed by atoms with Crippen LogP contribution in [-0.2, 0) is 16.0 Å². The molecule has 2 amide bonds. The van der Waals surface area contributed by atoms with Crippen LogP contribution in [0.3, 0.4) is 0 Å². The Balaban J connectivity index is 2.08. The number of unbranched alkanes of at least 4 members (excludes halogenated alkanes) is 18. The smallest absolute Gasteiger partial charge is 0.220 e. The SMILES string of the molecule is CCCCCCCCCCCCC(=O)NCCCOc1c(Br)cc(CCNC(=O)CCCCCCCCCCCC)cc1Br. The molecule has 0 aliphatic heterocycles. The molecule has 254 valence electrons. The van der Waals surface area contributed by atoms with Gasteiger partial charge in [-0.25, -0.2) is 0 Å². The number of nitrogens with one attached hydrogen (secondary N) is 2. The van der Waals surface area contributed by atoms with Crippen molar-refractivity contribution in [1.29, 1.82) is 0 Å². The van der Waals surface area contributed by atoms with Crippen molar-refractivity contribution < 1.29 is 14.3 Å². The third-order valence-electron chi connectivity index (χ3n) is 8.20. The summed E-state index contributed by atoms with van der Waals surface area (Å²) in [4.78, 5) is 24.4. The van der Waals surface area contributed by atoms with Crippen molar-refractivity contribution in [2.45, 2.75) is 168 Å². The highest BCUT2D eigenvalue weighted by Gasteiger charge is 2.10. The maximum absolute atomic E-state index is 12.2. The second-order valence-electron chi connectivity index (χ2n) is 12.4. The fourth-order valence-electron chi connectivity index (χ4n) is 5.44. The maximum atomic E-state index is 12.2. The van der Waals surface area contributed by atoms with Crippen molar-refractivity contribution in [2.24, 2.45) is 0 Å². The molecular formula is C37H64Br2N2O3. The minimum Gasteiger partial charge on any atom is -0.491 e. The lowest BCUT2D eigenvalue weighted by Gasteiger charge is -2.13. The molecule has 0 heterocycles. The van der Waals surface area contributed by atoms with Gasteiger partial charge in [-0.05, 0) is 75.2 Å². The van der Waals surface area contributed by atoms with E-state index in [0.717, 1.165) is 58.8 Å². The van der Waals surface area contributed by atoms with E-state index in [2.05, 4.69) is 68.5 Å². The average molecular weight is 745 g/mol. The molecule has 44 heavy (non-hydrogen) atoms. The minimum absolute atomic E-state index is 0.145. The first-order valence-corrected chi connectivity index (χ1v) is 19.7. The zero-order chi connectivity index (χ0) is 32.1. The predicted molar refractivity (Wildman–Crippen MR) is 195 cm³/mol. The van der Waals surface area contributed by atoms with Crippen LogP contribution in [0.5, 0.6) is 5.75 Å². The molecule has 5 nitrogen and oxygen atoms in total. The fraction of sp³-hybridized carbons (Fsp3) is 0.784. The van der Waals surface area contributed by atoms with Crippen LogP contribution in [0.25, 0.3) is 0 Å². The minimum atomic E-state index is 0.145. The Hall–Kier alpha value is -1.08. The molecule has 1 aromatic rings. The summed E-state index contributed by atoms with van der Waals surface area (Å²) in [6.07, 6.45) is 28.4. The van der Waals surface area contributed by atoms with Gasteiger partial charge >= 0.3 is 0 Å². The van der Waals surface area contributed by atoms with E-state index < -0.39 is 0 Å². The Bertz CT molecular complexity index is 842. The van der Waals surface area contributed by atoms with Crippen molar-refractivity contribution in [3.63, 3.8) is 0 Å². The number of hydrogen-bond acceptors (Lipinski definition) is 3. The molecule has 1 rings (SSSR count). The molecule has 0 saturated heterocycles. The van der Waals surface area contributed by atoms with Gasteiger partial charge in [0.25, 0.3) is 0 Å². The van der Waals surface area contributed by atoms with Crippen LogP contribution in [0.2, 0.25) is 0 Å². The van der Waals surface area contributed by atoms with E-state index in [1.54, 1.807) is 0 Å². The molecule has 0 aliphatic carbocycles. The Morgan fingerprint density at radius 1 is 0.568 bits per heavy atom. The predicted octanol–water partition coefficient (Wildman–Crippen LogP) is 11.4. The summed E-state index contributed by atoms with van der Waals surface area (Å²) >= 11 is 7.28. The number of ether oxygens (including phenoxy) is 1. The number of rotatable bonds is 30. The molecule has 0 aliphatic rings. The summed E-state index contributed by atoms with van der Waals surface area (Å²) in [5.41, 5.74) is 1.13. The number of benzene rings is 1. The monoisotopic (exact) mass is 742 g/mol. The number of carbonyl (C=O) groups is 2. The number of carbonyl (C=O) groups excluding carboxylic acids is 2. The first-order valence-electron chi connectivity index (χ1n) is 18.1. The second-order valence-corrected chi connectivity index (χ2v) is 14.1. The zero-order valence-corrected chi connectivity index (χ0v) is 31.4. The highest BCUT2D eigenvalue weighted by Crippen LogP contribution is 2.35. The maximum Gasteiger partial charge on any atom is 0.220 e. The van der Waals surface area contributed by atoms with Crippen LogP contribution in [-0.4, -0.2) is 31.5 Å². The Labute approximate surface area is 287 Å². The number of halogens is 2. The third kappa shape index (κ3) is 23.3. The zero-order valence-electron chi connectivity index (χ0n) is 28.2. The summed E-state index contributed by atoms with van der Waals surface area (Å²) in [5, 5.41) is 6.09. The van der Waals surface area contributed by atoms with Crippen molar-refractivity contribution in [2.75, 3.05) is 19.7 Å². The van der Waals surface area contributed by atoms with Gasteiger partial charge in [0.05, 0.1) is 15.6 Å². The molecule has 0 bridgehead atoms. The van der Waals surface area contributed by atoms with Crippen LogP contribution < -0.4 is 15.4 Å². The van der Waals surface area contributed by atoms with Gasteiger partial charge in [-0.2, -0.15) is 0 Å². The van der Waals surface area contributed by atoms with Crippen LogP contribution in [0, 0.1) is 0 Å². The van der Waals surface area contributed by atoms with Gasteiger partial charge in [-0.3, -0.25) is 9.59 Å². The molecule has 0 aromatic heterocycles. The van der Waals surface area contributed by atoms with Crippen LogP contribution in [0.15, 0.2) is 21.1 Å². The summed E-state index contributed by atoms with van der Waals surface area (Å²) in [6, 6.07) is 4.12. The van der Waals surface area contributed by atoms with Gasteiger partial charge in [0.15, 0.2) is 0 Å². The second kappa shape index (κ2) is 29.3. The van der Waals surface area contributed by atoms with E-state index in [-0.39, 0.29) is 11.8 Å². The molecule has 1 aromatic carbocycles. The van der Waals surface area contributed by atoms with Gasteiger partial charge in [0.1, 0.15) is 5.75 Å². The molecule has 0 atom stereocenters. The Morgan fingerprint density at radius 3 is 1.39 bits per heavy atom. The van der Waals surface area contributed by atoms with Gasteiger partial charge < -0.3 is 15.4 Å². The summed E-state index contributed by atoms with van der Waals surface area (Å²) in [6.45, 7) is 6.31. The van der Waals surface area contributed by atoms with E-state index in [0.29, 0.717) is 32.5 Å². The quantitative estimate of drug-likeness (QED) is 0.0771. The van der Waals surface area contributed by atoms with Gasteiger partial charge in [-0.1, -0.05) is 129 Å². The van der Waals surface area contributed by atoms with Gasteiger partial charge in [0, 0.05) is 25.9 Å². The molecule has 0 saturated carbocycles. The normalized spacial score (nSPS) is 11.1. The third-order valence-corrected chi connectivity index (χ3v) is 9.38. The van der Waals surface area contributed by atoms with Crippen molar-refractivity contribution in [3.8, 4) is 5.75 Å². The van der Waals surface area contributed by atoms with E-state index in [1.807, 2.05) is 0 Å². The molecular weight excluding hydrogens is 680 g/mol. The van der Waals surface area contributed by atoms with Crippen LogP contribution >= 0.6 is 31.9 Å². The largest absolute Gasteiger partial charge is 0.491 e. The first-order chi connectivity index (χ1) is 21.5. The van der Waals surface area contributed by atoms with Crippen molar-refractivity contribution >= 4 is 43.7 Å². The van der Waals surface area contributed by atoms with E-state index in [9.17, 15) is 9.59 Å². The van der Waals surface area contributed by atoms with Crippen LogP contribution in [0.4, 0.5) is 0 Å². The van der Waals surface area contributed by atoms with Crippen LogP contribution in [0.1, 0.15) is 167 Å². The Kier molecular flexibility index (Phi) is 27.3. The Morgan fingerprint density at radius 2 is 0.955 bits per heavy atom. The summed E-state index contributed by atoms with van der Waals surface area (Å²) in [7, 11) is 0. The van der Waals surface area contributed by atoms with E-state index in [1.165, 1.54) is 103 Å². The molecule has 0 unspecified atom stereocenters. The molecule has 0 fully saturated rings. The standard InChI is InChI=1S/C37H64Br2N2O3/c1-3-5-7-9-11-13-15-17-19-21-24-35(42)40-27-23-29-44-37-33(38)30-32(31-34(37)39)26-28-41-36(43)25-22-20-18-16-14-12-10-8-6-4-2/h30-31H,3-29H2,1-2H3,(H,40,42)(H,41,43). The average Bonchev–Trinajstić information content (AvgIpc) is 3.00. The van der Waals surface area contributed by atoms with E-state index >= 15 is 0 Å². The molecule has 2 N–H and O–H groups in total. The van der Waals surface area contributed by atoms with E-state index in [4.69, 9.17) is 4.74 Å². The highest BCUT2D eigenvalue weighted by molar-refractivity contribution is 9.11. The fourth-order valence-corrected chi connectivity index (χ4v) is 6.95. The topological polar surface area (TPSA) is 67.4 Å². The molecule has 7 heteroatoms. The lowest BCUT2D eigenvalue weighted by atomic mass is 10.1. The number of amides is 2. The first kappa shape index (κ1) is 40.9. The summed E-state index contributed by atoms with van der Waals surface area (Å²) < 4.78 is 7.78. The molecule has 0 spiro atoms. The molecule has 0 radical (unpaired) electrons. The van der Waals surface area contributed by atoms with Crippen molar-refractivity contribution in [1.82, 2.24) is 10.6 Å². The van der Waals surface area contributed by atoms with Gasteiger partial charge in [0.2, 0.25) is 11.8 Å². The lowest BCUT2D eigenvalue weighted by Crippen LogP contribution is -2.25. The highest BCUT2D eigenvalue weighted by atomic mass is 79.9. The summed E-state index contributed by atoms with van der Waals surface area (Å²) in [5.74, 6) is 1.07. The lowest BCUT2D eigenvalue weighted by molar-refractivity contribution is -0.122. The van der Waals surface area contributed by atoms with Gasteiger partial charge in [-0.15, -0.1) is 0 Å². The number of hydrogen-bond donors (Lipinski definition) is 2.